The Morgan fingerprint density at radius 2 is 1.87 bits per heavy atom. The Morgan fingerprint density at radius 1 is 1.22 bits per heavy atom. The van der Waals surface area contributed by atoms with Crippen molar-refractivity contribution < 1.29 is 14.6 Å². The smallest absolute Gasteiger partial charge is 0.227 e. The second kappa shape index (κ2) is 9.01. The number of nitrogens with zero attached hydrogens (tertiary/aromatic N) is 2. The number of rotatable bonds is 7. The van der Waals surface area contributed by atoms with Crippen molar-refractivity contribution in [1.29, 1.82) is 0 Å². The summed E-state index contributed by atoms with van der Waals surface area (Å²) in [6.45, 7) is 8.65. The fraction of sp³-hybridized carbons (Fsp3) is 0.611. The predicted octanol–water partition coefficient (Wildman–Crippen LogP) is 1.08. The van der Waals surface area contributed by atoms with Crippen molar-refractivity contribution in [2.75, 3.05) is 45.9 Å². The van der Waals surface area contributed by atoms with E-state index in [1.54, 1.807) is 0 Å². The van der Waals surface area contributed by atoms with Crippen molar-refractivity contribution in [2.24, 2.45) is 0 Å². The monoisotopic (exact) mass is 320 g/mol. The van der Waals surface area contributed by atoms with Crippen LogP contribution < -0.4 is 0 Å². The summed E-state index contributed by atoms with van der Waals surface area (Å²) in [6.07, 6.45) is 0.0116. The fourth-order valence-corrected chi connectivity index (χ4v) is 2.78. The molecule has 0 spiro atoms. The number of carbonyl (C=O) groups excluding carboxylic acids is 1. The molecule has 1 heterocycles. The molecule has 1 N–H and O–H groups in total. The van der Waals surface area contributed by atoms with E-state index in [4.69, 9.17) is 4.74 Å². The van der Waals surface area contributed by atoms with Crippen LogP contribution in [0.3, 0.4) is 0 Å². The summed E-state index contributed by atoms with van der Waals surface area (Å²) < 4.78 is 5.23. The summed E-state index contributed by atoms with van der Waals surface area (Å²) in [7, 11) is 0. The van der Waals surface area contributed by atoms with Crippen molar-refractivity contribution >= 4 is 5.91 Å². The Labute approximate surface area is 138 Å². The highest BCUT2D eigenvalue weighted by Crippen LogP contribution is 2.09. The summed E-state index contributed by atoms with van der Waals surface area (Å²) in [5, 5.41) is 9.88. The van der Waals surface area contributed by atoms with Gasteiger partial charge in [-0.05, 0) is 19.4 Å². The summed E-state index contributed by atoms with van der Waals surface area (Å²) >= 11 is 0. The van der Waals surface area contributed by atoms with Crippen LogP contribution in [0, 0.1) is 6.92 Å². The zero-order valence-corrected chi connectivity index (χ0v) is 14.2. The molecule has 1 atom stereocenters. The number of aryl methyl sites for hydroxylation is 1. The van der Waals surface area contributed by atoms with Crippen LogP contribution in [-0.2, 0) is 16.0 Å². The molecule has 0 bridgehead atoms. The average Bonchev–Trinajstić information content (AvgIpc) is 2.55. The Kier molecular flexibility index (Phi) is 7.02. The van der Waals surface area contributed by atoms with Gasteiger partial charge in [-0.15, -0.1) is 0 Å². The highest BCUT2D eigenvalue weighted by molar-refractivity contribution is 5.78. The first-order valence-corrected chi connectivity index (χ1v) is 8.40. The van der Waals surface area contributed by atoms with Gasteiger partial charge in [0.05, 0.1) is 19.1 Å². The van der Waals surface area contributed by atoms with Crippen LogP contribution >= 0.6 is 0 Å². The maximum absolute atomic E-state index is 12.4. The highest BCUT2D eigenvalue weighted by Gasteiger charge is 2.22. The zero-order valence-electron chi connectivity index (χ0n) is 14.2. The molecule has 5 nitrogen and oxygen atoms in total. The van der Waals surface area contributed by atoms with E-state index < -0.39 is 6.10 Å². The van der Waals surface area contributed by atoms with Crippen LogP contribution in [0.25, 0.3) is 0 Å². The summed E-state index contributed by atoms with van der Waals surface area (Å²) in [5.74, 6) is 0.184. The third-order valence-electron chi connectivity index (χ3n) is 4.18. The quantitative estimate of drug-likeness (QED) is 0.817. The number of amides is 1. The van der Waals surface area contributed by atoms with Gasteiger partial charge in [0.1, 0.15) is 0 Å². The van der Waals surface area contributed by atoms with E-state index in [1.165, 1.54) is 5.56 Å². The first-order valence-electron chi connectivity index (χ1n) is 8.40. The molecule has 0 aliphatic carbocycles. The van der Waals surface area contributed by atoms with Crippen LogP contribution in [-0.4, -0.2) is 72.9 Å². The van der Waals surface area contributed by atoms with Gasteiger partial charge >= 0.3 is 0 Å². The average molecular weight is 320 g/mol. The van der Waals surface area contributed by atoms with Crippen molar-refractivity contribution in [1.82, 2.24) is 9.80 Å². The van der Waals surface area contributed by atoms with Gasteiger partial charge in [-0.1, -0.05) is 29.8 Å². The number of benzene rings is 1. The Morgan fingerprint density at radius 3 is 2.48 bits per heavy atom. The summed E-state index contributed by atoms with van der Waals surface area (Å²) in [4.78, 5) is 16.5. The van der Waals surface area contributed by atoms with E-state index in [0.717, 1.165) is 31.7 Å². The summed E-state index contributed by atoms with van der Waals surface area (Å²) in [5.41, 5.74) is 2.27. The third kappa shape index (κ3) is 5.94. The number of aliphatic hydroxyl groups is 1. The molecular formula is C18H28N2O3. The van der Waals surface area contributed by atoms with Gasteiger partial charge in [0, 0.05) is 39.3 Å². The van der Waals surface area contributed by atoms with Gasteiger partial charge in [-0.2, -0.15) is 0 Å². The number of hydrogen-bond acceptors (Lipinski definition) is 4. The lowest BCUT2D eigenvalue weighted by Crippen LogP contribution is -2.51. The number of β-amino-alcohol motifs (C(OH)–C–C–N with tert-alkyl or cyclic N) is 1. The first kappa shape index (κ1) is 17.9. The highest BCUT2D eigenvalue weighted by atomic mass is 16.5. The van der Waals surface area contributed by atoms with E-state index in [2.05, 4.69) is 4.90 Å². The lowest BCUT2D eigenvalue weighted by Gasteiger charge is -2.35. The molecule has 0 radical (unpaired) electrons. The molecule has 1 amide bonds. The number of aliphatic hydroxyl groups excluding tert-OH is 1. The topological polar surface area (TPSA) is 53.0 Å². The van der Waals surface area contributed by atoms with E-state index >= 15 is 0 Å². The predicted molar refractivity (Wildman–Crippen MR) is 90.4 cm³/mol. The lowest BCUT2D eigenvalue weighted by atomic mass is 10.1. The number of carbonyl (C=O) groups is 1. The molecule has 1 aliphatic heterocycles. The number of piperazine rings is 1. The fourth-order valence-electron chi connectivity index (χ4n) is 2.78. The van der Waals surface area contributed by atoms with Gasteiger partial charge in [-0.25, -0.2) is 0 Å². The maximum atomic E-state index is 12.4. The molecule has 1 fully saturated rings. The largest absolute Gasteiger partial charge is 0.389 e. The minimum absolute atomic E-state index is 0.184. The summed E-state index contributed by atoms with van der Waals surface area (Å²) in [6, 6.07) is 8.13. The molecule has 0 aromatic heterocycles. The molecule has 128 valence electrons. The molecule has 2 rings (SSSR count). The zero-order chi connectivity index (χ0) is 16.7. The molecule has 1 saturated heterocycles. The maximum Gasteiger partial charge on any atom is 0.227 e. The van der Waals surface area contributed by atoms with E-state index in [9.17, 15) is 9.90 Å². The molecule has 23 heavy (non-hydrogen) atoms. The minimum Gasteiger partial charge on any atom is -0.389 e. The second-order valence-corrected chi connectivity index (χ2v) is 6.16. The molecular weight excluding hydrogens is 292 g/mol. The van der Waals surface area contributed by atoms with E-state index in [-0.39, 0.29) is 5.91 Å². The van der Waals surface area contributed by atoms with Crippen LogP contribution in [0.15, 0.2) is 24.3 Å². The normalized spacial score (nSPS) is 17.3. The van der Waals surface area contributed by atoms with Gasteiger partial charge in [0.15, 0.2) is 0 Å². The molecule has 0 saturated carbocycles. The number of ether oxygens (including phenoxy) is 1. The Bertz CT molecular complexity index is 482. The van der Waals surface area contributed by atoms with E-state index in [0.29, 0.717) is 26.2 Å². The van der Waals surface area contributed by atoms with Crippen molar-refractivity contribution in [2.45, 2.75) is 26.4 Å². The van der Waals surface area contributed by atoms with Gasteiger partial charge in [0.2, 0.25) is 5.91 Å². The van der Waals surface area contributed by atoms with Crippen LogP contribution in [0.2, 0.25) is 0 Å². The molecule has 1 aliphatic rings. The number of hydrogen-bond donors (Lipinski definition) is 1. The third-order valence-corrected chi connectivity index (χ3v) is 4.18. The lowest BCUT2D eigenvalue weighted by molar-refractivity contribution is -0.132. The van der Waals surface area contributed by atoms with Crippen LogP contribution in [0.5, 0.6) is 0 Å². The molecule has 1 aromatic rings. The second-order valence-electron chi connectivity index (χ2n) is 6.16. The Hall–Kier alpha value is -1.43. The van der Waals surface area contributed by atoms with E-state index in [1.807, 2.05) is 43.0 Å². The van der Waals surface area contributed by atoms with Gasteiger partial charge in [0.25, 0.3) is 0 Å². The van der Waals surface area contributed by atoms with Crippen molar-refractivity contribution in [3.05, 3.63) is 35.4 Å². The molecule has 0 unspecified atom stereocenters. The standard InChI is InChI=1S/C18H28N2O3/c1-3-23-14-17(21)13-19-8-10-20(11-9-19)18(22)12-16-6-4-15(2)5-7-16/h4-7,17,21H,3,8-14H2,1-2H3/t17-/m1/s1. The molecule has 1 aromatic carbocycles. The van der Waals surface area contributed by atoms with Crippen molar-refractivity contribution in [3.63, 3.8) is 0 Å². The van der Waals surface area contributed by atoms with Crippen LogP contribution in [0.4, 0.5) is 0 Å². The van der Waals surface area contributed by atoms with Gasteiger partial charge in [-0.3, -0.25) is 9.69 Å². The molecule has 5 heteroatoms. The Balaban J connectivity index is 1.73. The van der Waals surface area contributed by atoms with Crippen LogP contribution in [0.1, 0.15) is 18.1 Å². The minimum atomic E-state index is -0.454. The van der Waals surface area contributed by atoms with Gasteiger partial charge < -0.3 is 14.7 Å². The van der Waals surface area contributed by atoms with Crippen molar-refractivity contribution in [3.8, 4) is 0 Å². The SMILES string of the molecule is CCOC[C@H](O)CN1CCN(C(=O)Cc2ccc(C)cc2)CC1. The first-order chi connectivity index (χ1) is 11.1.